The van der Waals surface area contributed by atoms with Gasteiger partial charge in [-0.1, -0.05) is 13.8 Å². The molecule has 2 amide bonds. The Balaban J connectivity index is 2.54. The van der Waals surface area contributed by atoms with Crippen molar-refractivity contribution in [1.82, 2.24) is 5.32 Å². The molecule has 0 saturated heterocycles. The van der Waals surface area contributed by atoms with Gasteiger partial charge in [-0.2, -0.15) is 0 Å². The smallest absolute Gasteiger partial charge is 0.405 e. The number of primary amides is 1. The van der Waals surface area contributed by atoms with Gasteiger partial charge in [0, 0.05) is 0 Å². The summed E-state index contributed by atoms with van der Waals surface area (Å²) in [5.41, 5.74) is 5.12. The number of rotatable bonds is 4. The van der Waals surface area contributed by atoms with Crippen molar-refractivity contribution in [2.45, 2.75) is 26.3 Å². The van der Waals surface area contributed by atoms with Gasteiger partial charge in [0.1, 0.15) is 6.04 Å². The van der Waals surface area contributed by atoms with Crippen molar-refractivity contribution in [3.63, 3.8) is 0 Å². The number of nitrogens with one attached hydrogen (secondary N) is 1. The third-order valence-electron chi connectivity index (χ3n) is 2.76. The molecule has 0 aromatic rings. The highest BCUT2D eigenvalue weighted by Gasteiger charge is 2.47. The van der Waals surface area contributed by atoms with Gasteiger partial charge in [0.15, 0.2) is 0 Å². The van der Waals surface area contributed by atoms with Crippen molar-refractivity contribution in [1.29, 1.82) is 0 Å². The van der Waals surface area contributed by atoms with Crippen molar-refractivity contribution in [2.24, 2.45) is 23.5 Å². The molecule has 1 rings (SSSR count). The van der Waals surface area contributed by atoms with E-state index in [1.807, 2.05) is 0 Å². The maximum atomic E-state index is 11.0. The van der Waals surface area contributed by atoms with Crippen LogP contribution in [0.1, 0.15) is 20.3 Å². The van der Waals surface area contributed by atoms with Crippen LogP contribution in [0.3, 0.4) is 0 Å². The van der Waals surface area contributed by atoms with E-state index in [4.69, 9.17) is 10.8 Å². The minimum atomic E-state index is -1.19. The minimum absolute atomic E-state index is 0.0867. The molecule has 3 unspecified atom stereocenters. The monoisotopic (exact) mass is 200 g/mol. The number of carbonyl (C=O) groups is 2. The van der Waals surface area contributed by atoms with Crippen LogP contribution in [-0.2, 0) is 4.79 Å². The lowest BCUT2D eigenvalue weighted by molar-refractivity contribution is -0.120. The maximum Gasteiger partial charge on any atom is 0.405 e. The normalized spacial score (nSPS) is 27.1. The lowest BCUT2D eigenvalue weighted by Crippen LogP contribution is -2.45. The van der Waals surface area contributed by atoms with Gasteiger partial charge in [-0.15, -0.1) is 0 Å². The van der Waals surface area contributed by atoms with E-state index < -0.39 is 18.0 Å². The van der Waals surface area contributed by atoms with Crippen molar-refractivity contribution in [3.8, 4) is 0 Å². The average molecular weight is 200 g/mol. The van der Waals surface area contributed by atoms with Crippen LogP contribution >= 0.6 is 0 Å². The van der Waals surface area contributed by atoms with Crippen molar-refractivity contribution >= 4 is 12.0 Å². The maximum absolute atomic E-state index is 11.0. The van der Waals surface area contributed by atoms with E-state index in [-0.39, 0.29) is 5.92 Å². The molecule has 1 aliphatic carbocycles. The molecule has 5 heteroatoms. The van der Waals surface area contributed by atoms with Gasteiger partial charge in [0.05, 0.1) is 0 Å². The van der Waals surface area contributed by atoms with Crippen molar-refractivity contribution < 1.29 is 14.7 Å². The number of hydrogen-bond donors (Lipinski definition) is 3. The molecule has 1 aliphatic rings. The highest BCUT2D eigenvalue weighted by atomic mass is 16.4. The Morgan fingerprint density at radius 1 is 1.43 bits per heavy atom. The second kappa shape index (κ2) is 3.86. The molecule has 0 aromatic carbocycles. The van der Waals surface area contributed by atoms with E-state index in [0.717, 1.165) is 6.42 Å². The lowest BCUT2D eigenvalue weighted by atomic mass is 10.0. The fraction of sp³-hybridized carbons (Fsp3) is 0.778. The number of carboxylic acid groups (broad SMARTS) is 1. The number of nitrogens with two attached hydrogens (primary N) is 1. The van der Waals surface area contributed by atoms with Crippen molar-refractivity contribution in [2.75, 3.05) is 0 Å². The highest BCUT2D eigenvalue weighted by Crippen LogP contribution is 2.46. The van der Waals surface area contributed by atoms with Crippen LogP contribution < -0.4 is 11.1 Å². The molecule has 0 bridgehead atoms. The number of amides is 2. The topological polar surface area (TPSA) is 92.4 Å². The third-order valence-corrected chi connectivity index (χ3v) is 2.76. The van der Waals surface area contributed by atoms with Gasteiger partial charge < -0.3 is 16.2 Å². The molecular weight excluding hydrogens is 184 g/mol. The Kier molecular flexibility index (Phi) is 2.98. The predicted octanol–water partition coefficient (Wildman–Crippen LogP) is 0.400. The molecular formula is C9H16N2O3. The van der Waals surface area contributed by atoms with Crippen LogP contribution in [0.2, 0.25) is 0 Å². The van der Waals surface area contributed by atoms with Gasteiger partial charge >= 0.3 is 6.09 Å². The van der Waals surface area contributed by atoms with Crippen LogP contribution in [0.25, 0.3) is 0 Å². The first-order chi connectivity index (χ1) is 6.43. The lowest BCUT2D eigenvalue weighted by Gasteiger charge is -2.13. The highest BCUT2D eigenvalue weighted by molar-refractivity contribution is 5.84. The summed E-state index contributed by atoms with van der Waals surface area (Å²) in [6.45, 7) is 4.12. The molecule has 0 aliphatic heterocycles. The molecule has 0 radical (unpaired) electrons. The molecule has 14 heavy (non-hydrogen) atoms. The molecule has 3 atom stereocenters. The molecule has 4 N–H and O–H groups in total. The molecule has 80 valence electrons. The average Bonchev–Trinajstić information content (AvgIpc) is 2.77. The zero-order valence-corrected chi connectivity index (χ0v) is 8.36. The number of hydrogen-bond acceptors (Lipinski definition) is 2. The van der Waals surface area contributed by atoms with Gasteiger partial charge in [-0.05, 0) is 24.2 Å². The summed E-state index contributed by atoms with van der Waals surface area (Å²) in [7, 11) is 0. The quantitative estimate of drug-likeness (QED) is 0.613. The summed E-state index contributed by atoms with van der Waals surface area (Å²) in [5.74, 6) is 0.390. The first-order valence-corrected chi connectivity index (χ1v) is 4.72. The summed E-state index contributed by atoms with van der Waals surface area (Å²) in [6, 6.07) is -0.722. The van der Waals surface area contributed by atoms with Crippen LogP contribution in [0.5, 0.6) is 0 Å². The van der Waals surface area contributed by atoms with E-state index in [9.17, 15) is 9.59 Å². The fourth-order valence-electron chi connectivity index (χ4n) is 1.91. The molecule has 5 nitrogen and oxygen atoms in total. The second-order valence-electron chi connectivity index (χ2n) is 4.14. The molecule has 0 heterocycles. The zero-order valence-electron chi connectivity index (χ0n) is 8.36. The summed E-state index contributed by atoms with van der Waals surface area (Å²) >= 11 is 0. The van der Waals surface area contributed by atoms with E-state index >= 15 is 0 Å². The first-order valence-electron chi connectivity index (χ1n) is 4.72. The Labute approximate surface area is 82.7 Å². The molecule has 1 saturated carbocycles. The summed E-state index contributed by atoms with van der Waals surface area (Å²) in [5, 5.41) is 10.7. The largest absolute Gasteiger partial charge is 0.465 e. The zero-order chi connectivity index (χ0) is 10.9. The minimum Gasteiger partial charge on any atom is -0.465 e. The fourth-order valence-corrected chi connectivity index (χ4v) is 1.91. The van der Waals surface area contributed by atoms with E-state index in [1.54, 1.807) is 0 Å². The van der Waals surface area contributed by atoms with Crippen LogP contribution in [-0.4, -0.2) is 23.1 Å². The van der Waals surface area contributed by atoms with E-state index in [1.165, 1.54) is 0 Å². The third kappa shape index (κ3) is 2.37. The molecule has 1 fully saturated rings. The van der Waals surface area contributed by atoms with Gasteiger partial charge in [0.25, 0.3) is 0 Å². The van der Waals surface area contributed by atoms with Gasteiger partial charge in [0.2, 0.25) is 5.91 Å². The first kappa shape index (κ1) is 10.8. The van der Waals surface area contributed by atoms with E-state index in [2.05, 4.69) is 19.2 Å². The summed E-state index contributed by atoms with van der Waals surface area (Å²) in [6.07, 6.45) is -0.311. The standard InChI is InChI=1S/C9H16N2O3/c1-4(2)5-3-6(5)7(8(10)12)11-9(13)14/h4-7,11H,3H2,1-2H3,(H2,10,12)(H,13,14). The van der Waals surface area contributed by atoms with Gasteiger partial charge in [-0.25, -0.2) is 4.79 Å². The molecule has 0 aromatic heterocycles. The Hall–Kier alpha value is -1.26. The summed E-state index contributed by atoms with van der Waals surface area (Å²) < 4.78 is 0. The number of carbonyl (C=O) groups excluding carboxylic acids is 1. The van der Waals surface area contributed by atoms with Gasteiger partial charge in [-0.3, -0.25) is 4.79 Å². The van der Waals surface area contributed by atoms with Crippen LogP contribution in [0, 0.1) is 17.8 Å². The second-order valence-corrected chi connectivity index (χ2v) is 4.14. The Bertz CT molecular complexity index is 252. The van der Waals surface area contributed by atoms with Crippen molar-refractivity contribution in [3.05, 3.63) is 0 Å². The van der Waals surface area contributed by atoms with E-state index in [0.29, 0.717) is 11.8 Å². The Morgan fingerprint density at radius 3 is 2.29 bits per heavy atom. The predicted molar refractivity (Wildman–Crippen MR) is 50.6 cm³/mol. The molecule has 0 spiro atoms. The van der Waals surface area contributed by atoms with Crippen LogP contribution in [0.15, 0.2) is 0 Å². The summed E-state index contributed by atoms with van der Waals surface area (Å²) in [4.78, 5) is 21.4. The SMILES string of the molecule is CC(C)C1CC1C(NC(=O)O)C(N)=O. The van der Waals surface area contributed by atoms with Crippen LogP contribution in [0.4, 0.5) is 4.79 Å². The Morgan fingerprint density at radius 2 is 2.00 bits per heavy atom.